The molecule has 0 saturated heterocycles. The highest BCUT2D eigenvalue weighted by atomic mass is 79.9. The van der Waals surface area contributed by atoms with Crippen molar-refractivity contribution in [1.29, 1.82) is 0 Å². The number of rotatable bonds is 48. The summed E-state index contributed by atoms with van der Waals surface area (Å²) in [5, 5.41) is 0. The maximum Gasteiger partial charge on any atom is 0.0759 e. The van der Waals surface area contributed by atoms with Crippen molar-refractivity contribution in [2.45, 2.75) is 321 Å². The summed E-state index contributed by atoms with van der Waals surface area (Å²) in [5.41, 5.74) is 16.7. The SMILES string of the molecule is CCCCCCCCCCCCc1ccc(C2(c3ccc(CCCCCCCCCCCC)cc3)c3c(sc4cc(Br)sc34)-c3sc4c5c(sc4c32)-c2sc3cc(Br)sc3c2C5(c2ccc(CCCCCCCCCCCC)cc2)c2ccc(CCCCCCCCCCCC)cc2)cc1. The van der Waals surface area contributed by atoms with E-state index in [1.165, 1.54) is 368 Å². The molecule has 0 nitrogen and oxygen atoms in total. The molecular formula is C92H118Br2S6. The molecule has 12 rings (SSSR count). The van der Waals surface area contributed by atoms with Gasteiger partial charge in [0.05, 0.1) is 56.7 Å². The average molecular weight is 1580 g/mol. The van der Waals surface area contributed by atoms with Gasteiger partial charge in [-0.25, -0.2) is 0 Å². The maximum absolute atomic E-state index is 4.08. The van der Waals surface area contributed by atoms with Crippen LogP contribution in [0.25, 0.3) is 47.7 Å². The zero-order valence-corrected chi connectivity index (χ0v) is 69.8. The number of hydrogen-bond acceptors (Lipinski definition) is 6. The van der Waals surface area contributed by atoms with E-state index < -0.39 is 10.8 Å². The van der Waals surface area contributed by atoms with Crippen LogP contribution in [0.5, 0.6) is 0 Å². The first-order valence-corrected chi connectivity index (χ1v) is 47.2. The van der Waals surface area contributed by atoms with E-state index >= 15 is 0 Å². The molecule has 2 aliphatic rings. The van der Waals surface area contributed by atoms with Crippen LogP contribution in [0.2, 0.25) is 0 Å². The maximum atomic E-state index is 4.08. The molecule has 0 spiro atoms. The molecule has 2 aliphatic carbocycles. The molecule has 0 aliphatic heterocycles. The lowest BCUT2D eigenvalue weighted by atomic mass is 9.67. The molecule has 6 aromatic heterocycles. The molecule has 0 bridgehead atoms. The standard InChI is InChI=1S/C92H118Br2S6/c1-5-9-13-17-21-25-29-33-37-41-45-67-49-57-71(58-50-67)91(72-59-51-68(52-60-72)46-42-38-34-30-26-22-18-14-10-6-2)79-83-75(65-77(93)97-83)95-85(79)87-81(91)89-90(99-87)82-88(100-89)86-80(84-76(96-86)66-78(94)98-84)92(82,73-61-53-69(54-62-73)47-43-39-35-31-27-23-19-15-11-7-3)74-63-55-70(56-64-74)48-44-40-36-32-28-24-20-16-12-8-4/h49-66H,5-48H2,1-4H3. The summed E-state index contributed by atoms with van der Waals surface area (Å²) in [4.78, 5) is 5.98. The minimum absolute atomic E-state index is 0.506. The van der Waals surface area contributed by atoms with E-state index in [0.717, 1.165) is 25.7 Å². The first-order chi connectivity index (χ1) is 49.3. The second-order valence-electron chi connectivity index (χ2n) is 30.4. The predicted molar refractivity (Wildman–Crippen MR) is 458 cm³/mol. The van der Waals surface area contributed by atoms with Gasteiger partial charge in [-0.3, -0.25) is 0 Å². The molecule has 10 aromatic rings. The van der Waals surface area contributed by atoms with E-state index in [0.29, 0.717) is 0 Å². The van der Waals surface area contributed by atoms with Crippen LogP contribution in [0.4, 0.5) is 0 Å². The molecule has 0 unspecified atom stereocenters. The van der Waals surface area contributed by atoms with E-state index in [4.69, 9.17) is 0 Å². The Labute approximate surface area is 646 Å². The Hall–Kier alpha value is -3.18. The van der Waals surface area contributed by atoms with Gasteiger partial charge in [0.15, 0.2) is 0 Å². The lowest BCUT2D eigenvalue weighted by molar-refractivity contribution is 0.556. The van der Waals surface area contributed by atoms with Crippen LogP contribution in [0, 0.1) is 0 Å². The molecule has 0 amide bonds. The molecule has 0 fully saturated rings. The number of unbranched alkanes of at least 4 members (excludes halogenated alkanes) is 36. The number of halogens is 2. The van der Waals surface area contributed by atoms with E-state index in [1.54, 1.807) is 11.1 Å². The highest BCUT2D eigenvalue weighted by Gasteiger charge is 2.56. The molecular weight excluding hydrogens is 1460 g/mol. The molecule has 100 heavy (non-hydrogen) atoms. The Kier molecular flexibility index (Phi) is 29.7. The summed E-state index contributed by atoms with van der Waals surface area (Å²) < 4.78 is 11.2. The van der Waals surface area contributed by atoms with Crippen molar-refractivity contribution in [3.8, 4) is 19.5 Å². The Balaban J connectivity index is 0.938. The third-order valence-corrected chi connectivity index (χ3v) is 31.6. The first-order valence-electron chi connectivity index (χ1n) is 40.8. The summed E-state index contributed by atoms with van der Waals surface area (Å²) in [6.45, 7) is 9.30. The lowest BCUT2D eigenvalue weighted by Gasteiger charge is -2.34. The van der Waals surface area contributed by atoms with Crippen LogP contribution in [-0.4, -0.2) is 0 Å². The molecule has 8 heteroatoms. The third-order valence-electron chi connectivity index (χ3n) is 22.9. The van der Waals surface area contributed by atoms with Gasteiger partial charge in [0.2, 0.25) is 0 Å². The fraction of sp³-hybridized carbons (Fsp3) is 0.543. The van der Waals surface area contributed by atoms with Crippen LogP contribution in [-0.2, 0) is 36.5 Å². The topological polar surface area (TPSA) is 0 Å². The molecule has 536 valence electrons. The molecule has 0 atom stereocenters. The Morgan fingerprint density at radius 2 is 0.430 bits per heavy atom. The Morgan fingerprint density at radius 3 is 0.660 bits per heavy atom. The zero-order valence-electron chi connectivity index (χ0n) is 61.7. The van der Waals surface area contributed by atoms with Crippen molar-refractivity contribution in [1.82, 2.24) is 0 Å². The van der Waals surface area contributed by atoms with E-state index in [1.807, 2.05) is 22.7 Å². The minimum Gasteiger partial charge on any atom is -0.133 e. The van der Waals surface area contributed by atoms with Gasteiger partial charge in [0.25, 0.3) is 0 Å². The number of fused-ring (bicyclic) bond motifs is 13. The summed E-state index contributed by atoms with van der Waals surface area (Å²) in [6, 6.07) is 46.0. The quantitative estimate of drug-likeness (QED) is 0.0334. The number of hydrogen-bond donors (Lipinski definition) is 0. The van der Waals surface area contributed by atoms with Gasteiger partial charge in [-0.05, 0) is 140 Å². The van der Waals surface area contributed by atoms with Gasteiger partial charge >= 0.3 is 0 Å². The first kappa shape index (κ1) is 76.5. The van der Waals surface area contributed by atoms with Crippen LogP contribution in [0.3, 0.4) is 0 Å². The highest BCUT2D eigenvalue weighted by molar-refractivity contribution is 9.11. The number of aryl methyl sites for hydroxylation is 4. The van der Waals surface area contributed by atoms with E-state index in [9.17, 15) is 0 Å². The lowest BCUT2D eigenvalue weighted by Crippen LogP contribution is -2.29. The largest absolute Gasteiger partial charge is 0.133 e. The monoisotopic (exact) mass is 1570 g/mol. The summed E-state index contributed by atoms with van der Waals surface area (Å²) in [7, 11) is 0. The normalized spacial score (nSPS) is 13.6. The average Bonchev–Trinajstić information content (AvgIpc) is 1.48. The van der Waals surface area contributed by atoms with Crippen LogP contribution in [0.1, 0.15) is 351 Å². The van der Waals surface area contributed by atoms with Crippen molar-refractivity contribution in [3.05, 3.63) is 184 Å². The third kappa shape index (κ3) is 17.8. The van der Waals surface area contributed by atoms with Crippen molar-refractivity contribution < 1.29 is 0 Å². The number of thiophene rings is 6. The smallest absolute Gasteiger partial charge is 0.0759 e. The predicted octanol–water partition coefficient (Wildman–Crippen LogP) is 33.6. The van der Waals surface area contributed by atoms with Gasteiger partial charge in [0.1, 0.15) is 0 Å². The van der Waals surface area contributed by atoms with Gasteiger partial charge in [-0.15, -0.1) is 68.0 Å². The van der Waals surface area contributed by atoms with Crippen LogP contribution >= 0.6 is 99.9 Å². The minimum atomic E-state index is -0.506. The fourth-order valence-corrected chi connectivity index (χ4v) is 27.4. The van der Waals surface area contributed by atoms with Gasteiger partial charge in [-0.1, -0.05) is 356 Å². The van der Waals surface area contributed by atoms with Crippen LogP contribution in [0.15, 0.2) is 117 Å². The van der Waals surface area contributed by atoms with Crippen molar-refractivity contribution in [2.75, 3.05) is 0 Å². The molecule has 4 aromatic carbocycles. The van der Waals surface area contributed by atoms with Gasteiger partial charge in [-0.2, -0.15) is 0 Å². The molecule has 0 radical (unpaired) electrons. The van der Waals surface area contributed by atoms with Crippen molar-refractivity contribution in [2.24, 2.45) is 0 Å². The summed E-state index contributed by atoms with van der Waals surface area (Å²) >= 11 is 20.5. The van der Waals surface area contributed by atoms with Crippen molar-refractivity contribution >= 4 is 128 Å². The van der Waals surface area contributed by atoms with Crippen molar-refractivity contribution in [3.63, 3.8) is 0 Å². The highest BCUT2D eigenvalue weighted by Crippen LogP contribution is 2.72. The number of benzene rings is 4. The van der Waals surface area contributed by atoms with Gasteiger partial charge < -0.3 is 0 Å². The van der Waals surface area contributed by atoms with Gasteiger partial charge in [0, 0.05) is 31.7 Å². The second-order valence-corrected chi connectivity index (χ2v) is 39.4. The second kappa shape index (κ2) is 38.9. The molecule has 6 heterocycles. The van der Waals surface area contributed by atoms with Crippen LogP contribution < -0.4 is 0 Å². The summed E-state index contributed by atoms with van der Waals surface area (Å²) in [6.07, 6.45) is 59.3. The van der Waals surface area contributed by atoms with E-state index in [2.05, 4.69) is 214 Å². The van der Waals surface area contributed by atoms with E-state index in [-0.39, 0.29) is 0 Å². The fourth-order valence-electron chi connectivity index (χ4n) is 17.3. The molecule has 0 N–H and O–H groups in total. The molecule has 0 saturated carbocycles. The Bertz CT molecular complexity index is 3660. The zero-order chi connectivity index (χ0) is 68.9. The summed E-state index contributed by atoms with van der Waals surface area (Å²) in [5.74, 6) is 0. The Morgan fingerprint density at radius 1 is 0.230 bits per heavy atom.